The summed E-state index contributed by atoms with van der Waals surface area (Å²) in [6, 6.07) is 5.58. The molecule has 0 bridgehead atoms. The van der Waals surface area contributed by atoms with Crippen LogP contribution in [-0.4, -0.2) is 14.9 Å². The standard InChI is InChI=1S/C12H16N2O/c1-8(2)7-10-9-5-4-6-11(15)12(9)14(3)13-10/h4-6,8,15H,7H2,1-3H3. The summed E-state index contributed by atoms with van der Waals surface area (Å²) in [5.74, 6) is 0.878. The predicted octanol–water partition coefficient (Wildman–Crippen LogP) is 2.48. The molecule has 0 aliphatic carbocycles. The molecule has 1 aromatic carbocycles. The third-order valence-corrected chi connectivity index (χ3v) is 2.52. The Kier molecular flexibility index (Phi) is 2.39. The van der Waals surface area contributed by atoms with Crippen LogP contribution in [0.1, 0.15) is 19.5 Å². The largest absolute Gasteiger partial charge is 0.506 e. The van der Waals surface area contributed by atoms with Crippen LogP contribution < -0.4 is 0 Å². The molecule has 0 atom stereocenters. The van der Waals surface area contributed by atoms with Crippen molar-refractivity contribution >= 4 is 10.9 Å². The Balaban J connectivity index is 2.63. The van der Waals surface area contributed by atoms with Gasteiger partial charge in [-0.2, -0.15) is 5.10 Å². The van der Waals surface area contributed by atoms with Gasteiger partial charge in [0.25, 0.3) is 0 Å². The van der Waals surface area contributed by atoms with Crippen LogP contribution >= 0.6 is 0 Å². The van der Waals surface area contributed by atoms with Gasteiger partial charge in [-0.3, -0.25) is 4.68 Å². The van der Waals surface area contributed by atoms with Gasteiger partial charge >= 0.3 is 0 Å². The van der Waals surface area contributed by atoms with E-state index >= 15 is 0 Å². The Bertz CT molecular complexity index is 486. The van der Waals surface area contributed by atoms with Crippen LogP contribution in [0.2, 0.25) is 0 Å². The highest BCUT2D eigenvalue weighted by atomic mass is 16.3. The van der Waals surface area contributed by atoms with Crippen molar-refractivity contribution in [3.05, 3.63) is 23.9 Å². The van der Waals surface area contributed by atoms with E-state index in [9.17, 15) is 5.11 Å². The third kappa shape index (κ3) is 1.69. The lowest BCUT2D eigenvalue weighted by Crippen LogP contribution is -1.96. The number of benzene rings is 1. The zero-order valence-corrected chi connectivity index (χ0v) is 9.36. The molecule has 0 spiro atoms. The molecule has 0 saturated heterocycles. The van der Waals surface area contributed by atoms with E-state index in [1.54, 1.807) is 10.7 Å². The molecule has 1 aromatic heterocycles. The molecule has 1 N–H and O–H groups in total. The van der Waals surface area contributed by atoms with Crippen molar-refractivity contribution in [2.45, 2.75) is 20.3 Å². The number of fused-ring (bicyclic) bond motifs is 1. The van der Waals surface area contributed by atoms with E-state index in [1.807, 2.05) is 19.2 Å². The maximum absolute atomic E-state index is 9.74. The second-order valence-electron chi connectivity index (χ2n) is 4.34. The zero-order chi connectivity index (χ0) is 11.0. The Hall–Kier alpha value is -1.51. The Labute approximate surface area is 89.3 Å². The quantitative estimate of drug-likeness (QED) is 0.816. The van der Waals surface area contributed by atoms with Crippen LogP contribution in [0, 0.1) is 5.92 Å². The lowest BCUT2D eigenvalue weighted by Gasteiger charge is -2.00. The minimum absolute atomic E-state index is 0.303. The van der Waals surface area contributed by atoms with Crippen molar-refractivity contribution in [2.75, 3.05) is 0 Å². The first-order valence-corrected chi connectivity index (χ1v) is 5.23. The summed E-state index contributed by atoms with van der Waals surface area (Å²) >= 11 is 0. The smallest absolute Gasteiger partial charge is 0.141 e. The van der Waals surface area contributed by atoms with Crippen molar-refractivity contribution in [1.29, 1.82) is 0 Å². The van der Waals surface area contributed by atoms with Crippen LogP contribution in [0.5, 0.6) is 5.75 Å². The molecule has 0 saturated carbocycles. The number of para-hydroxylation sites is 1. The average Bonchev–Trinajstić information content (AvgIpc) is 2.44. The van der Waals surface area contributed by atoms with Crippen molar-refractivity contribution < 1.29 is 5.11 Å². The number of hydrogen-bond donors (Lipinski definition) is 1. The Morgan fingerprint density at radius 1 is 1.40 bits per heavy atom. The van der Waals surface area contributed by atoms with Crippen molar-refractivity contribution in [3.8, 4) is 5.75 Å². The van der Waals surface area contributed by atoms with E-state index in [4.69, 9.17) is 0 Å². The predicted molar refractivity (Wildman–Crippen MR) is 60.9 cm³/mol. The molecular formula is C12H16N2O. The minimum Gasteiger partial charge on any atom is -0.506 e. The number of hydrogen-bond acceptors (Lipinski definition) is 2. The molecule has 2 rings (SSSR count). The summed E-state index contributed by atoms with van der Waals surface area (Å²) < 4.78 is 1.75. The van der Waals surface area contributed by atoms with E-state index in [0.29, 0.717) is 11.7 Å². The second kappa shape index (κ2) is 3.57. The molecule has 1 heterocycles. The minimum atomic E-state index is 0.303. The van der Waals surface area contributed by atoms with E-state index in [2.05, 4.69) is 18.9 Å². The molecule has 0 amide bonds. The van der Waals surface area contributed by atoms with Crippen molar-refractivity contribution in [2.24, 2.45) is 13.0 Å². The van der Waals surface area contributed by atoms with Gasteiger partial charge < -0.3 is 5.11 Å². The number of aromatic hydroxyl groups is 1. The summed E-state index contributed by atoms with van der Waals surface area (Å²) in [4.78, 5) is 0. The first-order chi connectivity index (χ1) is 7.09. The van der Waals surface area contributed by atoms with Crippen molar-refractivity contribution in [1.82, 2.24) is 9.78 Å². The monoisotopic (exact) mass is 204 g/mol. The van der Waals surface area contributed by atoms with Gasteiger partial charge in [-0.05, 0) is 18.4 Å². The summed E-state index contributed by atoms with van der Waals surface area (Å²) in [5.41, 5.74) is 1.89. The summed E-state index contributed by atoms with van der Waals surface area (Å²) in [6.45, 7) is 4.34. The lowest BCUT2D eigenvalue weighted by molar-refractivity contribution is 0.477. The highest BCUT2D eigenvalue weighted by molar-refractivity contribution is 5.87. The van der Waals surface area contributed by atoms with Crippen LogP contribution in [0.15, 0.2) is 18.2 Å². The highest BCUT2D eigenvalue weighted by Crippen LogP contribution is 2.27. The molecule has 0 fully saturated rings. The van der Waals surface area contributed by atoms with Gasteiger partial charge in [-0.1, -0.05) is 26.0 Å². The van der Waals surface area contributed by atoms with Gasteiger partial charge in [0.2, 0.25) is 0 Å². The summed E-state index contributed by atoms with van der Waals surface area (Å²) in [6.07, 6.45) is 0.945. The highest BCUT2D eigenvalue weighted by Gasteiger charge is 2.12. The Morgan fingerprint density at radius 2 is 2.13 bits per heavy atom. The van der Waals surface area contributed by atoms with Crippen LogP contribution in [0.25, 0.3) is 10.9 Å². The second-order valence-corrected chi connectivity index (χ2v) is 4.34. The topological polar surface area (TPSA) is 38.0 Å². The van der Waals surface area contributed by atoms with E-state index in [0.717, 1.165) is 23.0 Å². The van der Waals surface area contributed by atoms with Gasteiger partial charge in [0.1, 0.15) is 11.3 Å². The molecule has 15 heavy (non-hydrogen) atoms. The van der Waals surface area contributed by atoms with Crippen molar-refractivity contribution in [3.63, 3.8) is 0 Å². The number of phenolic OH excluding ortho intramolecular Hbond substituents is 1. The van der Waals surface area contributed by atoms with E-state index < -0.39 is 0 Å². The third-order valence-electron chi connectivity index (χ3n) is 2.52. The van der Waals surface area contributed by atoms with Gasteiger partial charge in [-0.15, -0.1) is 0 Å². The number of aromatic nitrogens is 2. The van der Waals surface area contributed by atoms with E-state index in [1.165, 1.54) is 0 Å². The SMILES string of the molecule is CC(C)Cc1nn(C)c2c(O)cccc12. The molecule has 80 valence electrons. The zero-order valence-electron chi connectivity index (χ0n) is 9.36. The molecule has 0 aliphatic rings. The fraction of sp³-hybridized carbons (Fsp3) is 0.417. The fourth-order valence-corrected chi connectivity index (χ4v) is 1.93. The molecule has 2 aromatic rings. The summed E-state index contributed by atoms with van der Waals surface area (Å²) in [7, 11) is 1.87. The van der Waals surface area contributed by atoms with Gasteiger partial charge in [0.05, 0.1) is 5.69 Å². The van der Waals surface area contributed by atoms with Gasteiger partial charge in [0.15, 0.2) is 0 Å². The average molecular weight is 204 g/mol. The van der Waals surface area contributed by atoms with E-state index in [-0.39, 0.29) is 0 Å². The molecule has 3 heteroatoms. The van der Waals surface area contributed by atoms with Crippen LogP contribution in [-0.2, 0) is 13.5 Å². The first kappa shape index (κ1) is 10.0. The van der Waals surface area contributed by atoms with Crippen LogP contribution in [0.3, 0.4) is 0 Å². The first-order valence-electron chi connectivity index (χ1n) is 5.23. The fourth-order valence-electron chi connectivity index (χ4n) is 1.93. The van der Waals surface area contributed by atoms with Gasteiger partial charge in [-0.25, -0.2) is 0 Å². The maximum atomic E-state index is 9.74. The molecule has 0 aliphatic heterocycles. The number of rotatable bonds is 2. The maximum Gasteiger partial charge on any atom is 0.141 e. The molecule has 3 nitrogen and oxygen atoms in total. The van der Waals surface area contributed by atoms with Gasteiger partial charge in [0, 0.05) is 12.4 Å². The number of nitrogens with zero attached hydrogens (tertiary/aromatic N) is 2. The Morgan fingerprint density at radius 3 is 2.80 bits per heavy atom. The molecular weight excluding hydrogens is 188 g/mol. The van der Waals surface area contributed by atoms with Crippen LogP contribution in [0.4, 0.5) is 0 Å². The normalized spacial score (nSPS) is 11.5. The summed E-state index contributed by atoms with van der Waals surface area (Å²) in [5, 5.41) is 15.2. The lowest BCUT2D eigenvalue weighted by atomic mass is 10.1. The molecule has 0 radical (unpaired) electrons. The number of phenols is 1. The molecule has 0 unspecified atom stereocenters. The number of aryl methyl sites for hydroxylation is 1.